The number of rotatable bonds is 6. The normalized spacial score (nSPS) is 11.0. The summed E-state index contributed by atoms with van der Waals surface area (Å²) in [5.74, 6) is -0.287. The highest BCUT2D eigenvalue weighted by Gasteiger charge is 2.46. The van der Waals surface area contributed by atoms with Crippen LogP contribution in [0.25, 0.3) is 11.3 Å². The maximum Gasteiger partial charge on any atom is 0.222 e. The van der Waals surface area contributed by atoms with Crippen molar-refractivity contribution < 1.29 is 21.4 Å². The molecule has 0 N–H and O–H groups in total. The van der Waals surface area contributed by atoms with Crippen LogP contribution in [0.5, 0.6) is 0 Å². The quantitative estimate of drug-likeness (QED) is 0.234. The van der Waals surface area contributed by atoms with Gasteiger partial charge in [-0.2, -0.15) is 0 Å². The number of hydrogen-bond acceptors (Lipinski definition) is 2. The van der Waals surface area contributed by atoms with E-state index in [1.54, 1.807) is 12.1 Å². The number of nitrogens with zero attached hydrogens (tertiary/aromatic N) is 2. The molecule has 1 heterocycles. The molecule has 6 heteroatoms. The summed E-state index contributed by atoms with van der Waals surface area (Å²) in [5, 5.41) is 3.98. The van der Waals surface area contributed by atoms with Crippen LogP contribution in [0.2, 0.25) is 5.28 Å². The van der Waals surface area contributed by atoms with E-state index in [-0.39, 0.29) is 28.1 Å². The van der Waals surface area contributed by atoms with Gasteiger partial charge in [0.15, 0.2) is 0 Å². The van der Waals surface area contributed by atoms with Gasteiger partial charge in [0.05, 0.1) is 5.69 Å². The summed E-state index contributed by atoms with van der Waals surface area (Å²) < 4.78 is 13.7. The molecule has 0 saturated carbocycles. The summed E-state index contributed by atoms with van der Waals surface area (Å²) in [6.07, 6.45) is 2.52. The van der Waals surface area contributed by atoms with Crippen LogP contribution in [0.1, 0.15) is 5.56 Å². The predicted molar refractivity (Wildman–Crippen MR) is 141 cm³/mol. The van der Waals surface area contributed by atoms with Gasteiger partial charge in [-0.1, -0.05) is 54.6 Å². The first kappa shape index (κ1) is 25.2. The Morgan fingerprint density at radius 3 is 1.57 bits per heavy atom. The van der Waals surface area contributed by atoms with Gasteiger partial charge in [-0.15, -0.1) is 0 Å². The Bertz CT molecular complexity index is 1290. The first-order valence-electron chi connectivity index (χ1n) is 11.0. The fraction of sp³-hybridized carbons (Fsp3) is 0.0345. The average Bonchev–Trinajstić information content (AvgIpc) is 2.90. The van der Waals surface area contributed by atoms with Crippen LogP contribution >= 0.6 is 18.9 Å². The average molecular weight is 564 g/mol. The molecule has 0 spiro atoms. The van der Waals surface area contributed by atoms with Crippen LogP contribution < -0.4 is 32.9 Å². The molecule has 0 bridgehead atoms. The molecule has 5 rings (SSSR count). The number of aromatic nitrogens is 2. The molecule has 0 amide bonds. The van der Waals surface area contributed by atoms with Crippen LogP contribution in [0.15, 0.2) is 121 Å². The smallest absolute Gasteiger partial charge is 0.222 e. The molecule has 0 fully saturated rings. The predicted octanol–water partition coefficient (Wildman–Crippen LogP) is 3.43. The lowest BCUT2D eigenvalue weighted by Crippen LogP contribution is -3.00. The van der Waals surface area contributed by atoms with Crippen LogP contribution in [-0.2, 0) is 6.16 Å². The zero-order chi connectivity index (χ0) is 23.4. The van der Waals surface area contributed by atoms with E-state index in [0.29, 0.717) is 6.16 Å². The van der Waals surface area contributed by atoms with Gasteiger partial charge in [0.25, 0.3) is 0 Å². The van der Waals surface area contributed by atoms with Crippen molar-refractivity contribution in [2.45, 2.75) is 6.16 Å². The van der Waals surface area contributed by atoms with E-state index in [2.05, 4.69) is 82.8 Å². The lowest BCUT2D eigenvalue weighted by Gasteiger charge is -2.28. The first-order chi connectivity index (χ1) is 16.7. The second-order valence-corrected chi connectivity index (χ2v) is 11.8. The second-order valence-electron chi connectivity index (χ2n) is 7.99. The molecule has 35 heavy (non-hydrogen) atoms. The zero-order valence-corrected chi connectivity index (χ0v) is 22.0. The first-order valence-corrected chi connectivity index (χ1v) is 13.3. The van der Waals surface area contributed by atoms with E-state index >= 15 is 0 Å². The summed E-state index contributed by atoms with van der Waals surface area (Å²) in [5.41, 5.74) is 2.51. The Balaban J connectivity index is 0.00000289. The van der Waals surface area contributed by atoms with Gasteiger partial charge in [0, 0.05) is 17.3 Å². The largest absolute Gasteiger partial charge is 1.00 e. The molecule has 0 aliphatic carbocycles. The zero-order valence-electron chi connectivity index (χ0n) is 18.7. The summed E-state index contributed by atoms with van der Waals surface area (Å²) >= 11 is 6.23. The molecule has 0 atom stereocenters. The second kappa shape index (κ2) is 11.2. The van der Waals surface area contributed by atoms with Crippen molar-refractivity contribution in [2.24, 2.45) is 0 Å². The van der Waals surface area contributed by atoms with Gasteiger partial charge >= 0.3 is 0 Å². The third kappa shape index (κ3) is 5.21. The molecular weight excluding hydrogens is 542 g/mol. The monoisotopic (exact) mass is 562 g/mol. The van der Waals surface area contributed by atoms with Gasteiger partial charge < -0.3 is 17.0 Å². The topological polar surface area (TPSA) is 25.8 Å². The van der Waals surface area contributed by atoms with Crippen molar-refractivity contribution in [1.82, 2.24) is 9.97 Å². The van der Waals surface area contributed by atoms with Crippen LogP contribution in [0.4, 0.5) is 4.39 Å². The third-order valence-corrected chi connectivity index (χ3v) is 10.5. The standard InChI is InChI=1S/C29H22ClFN2P.BrH/c30-29-32-20-23(28(33-29)22-16-18-24(31)19-17-22)21-34(25-10-4-1-5-11-25,26-12-6-2-7-13-26)27-14-8-3-9-15-27;/h1-20H,21H2;1H/q+1;/p-1. The third-order valence-electron chi connectivity index (χ3n) is 5.95. The van der Waals surface area contributed by atoms with Crippen LogP contribution in [-0.4, -0.2) is 9.97 Å². The molecule has 0 aliphatic heterocycles. The van der Waals surface area contributed by atoms with Crippen molar-refractivity contribution in [3.63, 3.8) is 0 Å². The van der Waals surface area contributed by atoms with Crippen molar-refractivity contribution >= 4 is 34.8 Å². The SMILES string of the molecule is Fc1ccc(-c2nc(Cl)ncc2C[P+](c2ccccc2)(c2ccccc2)c2ccccc2)cc1.[Br-]. The van der Waals surface area contributed by atoms with Gasteiger partial charge in [-0.05, 0) is 72.3 Å². The highest BCUT2D eigenvalue weighted by Crippen LogP contribution is 2.58. The van der Waals surface area contributed by atoms with E-state index in [1.807, 2.05) is 24.4 Å². The highest BCUT2D eigenvalue weighted by molar-refractivity contribution is 7.95. The lowest BCUT2D eigenvalue weighted by atomic mass is 10.1. The summed E-state index contributed by atoms with van der Waals surface area (Å²) in [6.45, 7) is 0. The van der Waals surface area contributed by atoms with Gasteiger partial charge in [-0.3, -0.25) is 0 Å². The summed E-state index contributed by atoms with van der Waals surface area (Å²) in [4.78, 5) is 8.93. The molecule has 0 radical (unpaired) electrons. The Labute approximate surface area is 221 Å². The molecule has 2 nitrogen and oxygen atoms in total. The van der Waals surface area contributed by atoms with Crippen molar-refractivity contribution in [1.29, 1.82) is 0 Å². The minimum atomic E-state index is -2.14. The molecule has 0 unspecified atom stereocenters. The van der Waals surface area contributed by atoms with Crippen molar-refractivity contribution in [2.75, 3.05) is 0 Å². The van der Waals surface area contributed by atoms with Crippen molar-refractivity contribution in [3.8, 4) is 11.3 Å². The Kier molecular flexibility index (Phi) is 8.07. The van der Waals surface area contributed by atoms with E-state index < -0.39 is 7.26 Å². The number of halogens is 3. The number of benzene rings is 4. The Morgan fingerprint density at radius 2 is 1.11 bits per heavy atom. The van der Waals surface area contributed by atoms with E-state index in [1.165, 1.54) is 28.0 Å². The lowest BCUT2D eigenvalue weighted by molar-refractivity contribution is -0.00000724. The molecule has 4 aromatic carbocycles. The van der Waals surface area contributed by atoms with Crippen molar-refractivity contribution in [3.05, 3.63) is 138 Å². The number of hydrogen-bond donors (Lipinski definition) is 0. The molecular formula is C29H22BrClFN2P. The Morgan fingerprint density at radius 1 is 0.657 bits per heavy atom. The van der Waals surface area contributed by atoms with E-state index in [4.69, 9.17) is 11.6 Å². The van der Waals surface area contributed by atoms with Crippen LogP contribution in [0.3, 0.4) is 0 Å². The molecule has 0 saturated heterocycles. The van der Waals surface area contributed by atoms with E-state index in [0.717, 1.165) is 16.8 Å². The van der Waals surface area contributed by atoms with Gasteiger partial charge in [-0.25, -0.2) is 14.4 Å². The summed E-state index contributed by atoms with van der Waals surface area (Å²) in [6, 6.07) is 38.3. The summed E-state index contributed by atoms with van der Waals surface area (Å²) in [7, 11) is -2.14. The van der Waals surface area contributed by atoms with Gasteiger partial charge in [0.1, 0.15) is 35.2 Å². The molecule has 174 valence electrons. The fourth-order valence-electron chi connectivity index (χ4n) is 4.38. The maximum absolute atomic E-state index is 13.7. The molecule has 5 aromatic rings. The minimum absolute atomic E-state index is 0. The fourth-order valence-corrected chi connectivity index (χ4v) is 8.74. The van der Waals surface area contributed by atoms with E-state index in [9.17, 15) is 4.39 Å². The van der Waals surface area contributed by atoms with Crippen LogP contribution in [0, 0.1) is 5.82 Å². The minimum Gasteiger partial charge on any atom is -1.00 e. The highest BCUT2D eigenvalue weighted by atomic mass is 79.9. The molecule has 0 aliphatic rings. The Hall–Kier alpha value is -2.91. The maximum atomic E-state index is 13.7. The molecule has 1 aromatic heterocycles. The van der Waals surface area contributed by atoms with Gasteiger partial charge in [0.2, 0.25) is 5.28 Å².